The third kappa shape index (κ3) is 4.27. The number of guanidine groups is 1. The molecular formula is C18H21FN6O. The highest BCUT2D eigenvalue weighted by atomic mass is 19.1. The quantitative estimate of drug-likeness (QED) is 0.628. The van der Waals surface area contributed by atoms with Gasteiger partial charge in [-0.1, -0.05) is 6.07 Å². The number of rotatable bonds is 4. The lowest BCUT2D eigenvalue weighted by atomic mass is 10.2. The van der Waals surface area contributed by atoms with Gasteiger partial charge >= 0.3 is 0 Å². The molecule has 1 amide bonds. The number of carbonyl (C=O) groups is 1. The lowest BCUT2D eigenvalue weighted by Gasteiger charge is -2.36. The number of aliphatic imine (C=N–C) groups is 1. The molecule has 0 radical (unpaired) electrons. The van der Waals surface area contributed by atoms with Gasteiger partial charge in [0.2, 0.25) is 0 Å². The molecule has 0 bridgehead atoms. The van der Waals surface area contributed by atoms with Crippen molar-refractivity contribution in [3.8, 4) is 0 Å². The summed E-state index contributed by atoms with van der Waals surface area (Å²) in [5.41, 5.74) is 13.3. The zero-order chi connectivity index (χ0) is 18.5. The van der Waals surface area contributed by atoms with E-state index in [0.29, 0.717) is 12.5 Å². The number of nitrogens with two attached hydrogens (primary N) is 2. The van der Waals surface area contributed by atoms with E-state index >= 15 is 0 Å². The molecular weight excluding hydrogens is 335 g/mol. The number of hydrogen-bond acceptors (Lipinski definition) is 4. The maximum atomic E-state index is 13.0. The van der Waals surface area contributed by atoms with Crippen LogP contribution >= 0.6 is 0 Å². The summed E-state index contributed by atoms with van der Waals surface area (Å²) in [7, 11) is 0. The van der Waals surface area contributed by atoms with Crippen LogP contribution in [0, 0.1) is 5.82 Å². The minimum atomic E-state index is -0.557. The van der Waals surface area contributed by atoms with E-state index in [-0.39, 0.29) is 11.5 Å². The Hall–Kier alpha value is -3.16. The van der Waals surface area contributed by atoms with E-state index in [1.165, 1.54) is 12.1 Å². The molecule has 0 aliphatic carbocycles. The molecule has 0 saturated carbocycles. The molecule has 1 aliphatic rings. The first kappa shape index (κ1) is 17.7. The number of benzene rings is 1. The Morgan fingerprint density at radius 1 is 1.08 bits per heavy atom. The minimum absolute atomic E-state index is 0.225. The van der Waals surface area contributed by atoms with Gasteiger partial charge < -0.3 is 21.3 Å². The molecule has 8 heteroatoms. The Balaban J connectivity index is 1.54. The number of amides is 1. The van der Waals surface area contributed by atoms with E-state index < -0.39 is 5.91 Å². The van der Waals surface area contributed by atoms with Gasteiger partial charge in [-0.05, 0) is 35.9 Å². The van der Waals surface area contributed by atoms with Gasteiger partial charge in [0, 0.05) is 38.1 Å². The summed E-state index contributed by atoms with van der Waals surface area (Å²) in [5.74, 6) is -0.316. The molecule has 1 aromatic carbocycles. The van der Waals surface area contributed by atoms with E-state index in [1.807, 2.05) is 4.90 Å². The van der Waals surface area contributed by atoms with Crippen molar-refractivity contribution in [2.45, 2.75) is 6.54 Å². The average Bonchev–Trinajstić information content (AvgIpc) is 2.67. The normalized spacial score (nSPS) is 15.2. The number of halogens is 1. The van der Waals surface area contributed by atoms with Gasteiger partial charge in [-0.15, -0.1) is 0 Å². The number of aromatic nitrogens is 1. The van der Waals surface area contributed by atoms with E-state index in [1.54, 1.807) is 30.5 Å². The van der Waals surface area contributed by atoms with E-state index in [9.17, 15) is 9.18 Å². The Labute approximate surface area is 151 Å². The van der Waals surface area contributed by atoms with E-state index in [4.69, 9.17) is 11.5 Å². The van der Waals surface area contributed by atoms with Crippen LogP contribution in [0.25, 0.3) is 0 Å². The zero-order valence-corrected chi connectivity index (χ0v) is 14.3. The summed E-state index contributed by atoms with van der Waals surface area (Å²) in [4.78, 5) is 23.6. The first-order valence-corrected chi connectivity index (χ1v) is 8.33. The van der Waals surface area contributed by atoms with E-state index in [0.717, 1.165) is 37.4 Å². The monoisotopic (exact) mass is 356 g/mol. The highest BCUT2D eigenvalue weighted by molar-refractivity contribution is 5.90. The third-order valence-electron chi connectivity index (χ3n) is 4.30. The van der Waals surface area contributed by atoms with Crippen LogP contribution in [0.15, 0.2) is 47.6 Å². The molecule has 1 aliphatic heterocycles. The molecule has 26 heavy (non-hydrogen) atoms. The van der Waals surface area contributed by atoms with Gasteiger partial charge in [0.05, 0.1) is 6.54 Å². The molecule has 1 saturated heterocycles. The number of anilines is 1. The van der Waals surface area contributed by atoms with Gasteiger partial charge in [0.1, 0.15) is 11.5 Å². The summed E-state index contributed by atoms with van der Waals surface area (Å²) in [6, 6.07) is 9.84. The number of carbonyl (C=O) groups excluding carboxylic acids is 1. The largest absolute Gasteiger partial charge is 0.370 e. The summed E-state index contributed by atoms with van der Waals surface area (Å²) in [6.45, 7) is 3.45. The van der Waals surface area contributed by atoms with Crippen molar-refractivity contribution in [3.63, 3.8) is 0 Å². The Kier molecular flexibility index (Phi) is 5.31. The molecule has 0 unspecified atom stereocenters. The zero-order valence-electron chi connectivity index (χ0n) is 14.3. The SMILES string of the molecule is NC(=O)c1ccc(CN=C(N)N2CCN(c3ccc(F)cc3)CC2)cn1. The Bertz CT molecular complexity index is 782. The predicted octanol–water partition coefficient (Wildman–Crippen LogP) is 0.956. The lowest BCUT2D eigenvalue weighted by molar-refractivity contribution is 0.0995. The maximum absolute atomic E-state index is 13.0. The highest BCUT2D eigenvalue weighted by Crippen LogP contribution is 2.16. The van der Waals surface area contributed by atoms with Crippen LogP contribution in [0.3, 0.4) is 0 Å². The topological polar surface area (TPSA) is 101 Å². The Morgan fingerprint density at radius 3 is 2.35 bits per heavy atom. The van der Waals surface area contributed by atoms with Gasteiger partial charge in [-0.25, -0.2) is 9.38 Å². The van der Waals surface area contributed by atoms with Crippen LogP contribution in [0.2, 0.25) is 0 Å². The second-order valence-electron chi connectivity index (χ2n) is 6.04. The summed E-state index contributed by atoms with van der Waals surface area (Å²) in [6.07, 6.45) is 1.57. The van der Waals surface area contributed by atoms with Crippen molar-refractivity contribution < 1.29 is 9.18 Å². The number of piperazine rings is 1. The molecule has 1 aromatic heterocycles. The number of nitrogens with zero attached hydrogens (tertiary/aromatic N) is 4. The van der Waals surface area contributed by atoms with Gasteiger partial charge in [-0.3, -0.25) is 9.78 Å². The molecule has 2 heterocycles. The fourth-order valence-corrected chi connectivity index (χ4v) is 2.78. The highest BCUT2D eigenvalue weighted by Gasteiger charge is 2.18. The number of pyridine rings is 1. The average molecular weight is 356 g/mol. The first-order valence-electron chi connectivity index (χ1n) is 8.33. The molecule has 7 nitrogen and oxygen atoms in total. The van der Waals surface area contributed by atoms with Crippen LogP contribution in [0.4, 0.5) is 10.1 Å². The minimum Gasteiger partial charge on any atom is -0.370 e. The van der Waals surface area contributed by atoms with Crippen molar-refractivity contribution in [2.75, 3.05) is 31.1 Å². The fourth-order valence-electron chi connectivity index (χ4n) is 2.78. The second-order valence-corrected chi connectivity index (χ2v) is 6.04. The molecule has 0 atom stereocenters. The summed E-state index contributed by atoms with van der Waals surface area (Å²) >= 11 is 0. The molecule has 1 fully saturated rings. The molecule has 3 rings (SSSR count). The van der Waals surface area contributed by atoms with Crippen molar-refractivity contribution in [2.24, 2.45) is 16.5 Å². The van der Waals surface area contributed by atoms with Crippen molar-refractivity contribution >= 4 is 17.6 Å². The summed E-state index contributed by atoms with van der Waals surface area (Å²) < 4.78 is 13.0. The second kappa shape index (κ2) is 7.81. The van der Waals surface area contributed by atoms with Crippen molar-refractivity contribution in [3.05, 3.63) is 59.7 Å². The van der Waals surface area contributed by atoms with Crippen LogP contribution < -0.4 is 16.4 Å². The molecule has 136 valence electrons. The first-order chi connectivity index (χ1) is 12.5. The van der Waals surface area contributed by atoms with Crippen molar-refractivity contribution in [1.82, 2.24) is 9.88 Å². The third-order valence-corrected chi connectivity index (χ3v) is 4.30. The van der Waals surface area contributed by atoms with Crippen LogP contribution in [0.5, 0.6) is 0 Å². The Morgan fingerprint density at radius 2 is 1.77 bits per heavy atom. The van der Waals surface area contributed by atoms with E-state index in [2.05, 4.69) is 14.9 Å². The van der Waals surface area contributed by atoms with Crippen molar-refractivity contribution in [1.29, 1.82) is 0 Å². The van der Waals surface area contributed by atoms with Crippen LogP contribution in [0.1, 0.15) is 16.1 Å². The van der Waals surface area contributed by atoms with Gasteiger partial charge in [0.25, 0.3) is 5.91 Å². The smallest absolute Gasteiger partial charge is 0.267 e. The predicted molar refractivity (Wildman–Crippen MR) is 98.3 cm³/mol. The molecule has 4 N–H and O–H groups in total. The number of primary amides is 1. The summed E-state index contributed by atoms with van der Waals surface area (Å²) in [5, 5.41) is 0. The van der Waals surface area contributed by atoms with Crippen LogP contribution in [-0.2, 0) is 6.54 Å². The lowest BCUT2D eigenvalue weighted by Crippen LogP contribution is -2.51. The van der Waals surface area contributed by atoms with Gasteiger partial charge in [0.15, 0.2) is 5.96 Å². The fraction of sp³-hybridized carbons (Fsp3) is 0.278. The number of hydrogen-bond donors (Lipinski definition) is 2. The maximum Gasteiger partial charge on any atom is 0.267 e. The molecule has 2 aromatic rings. The van der Waals surface area contributed by atoms with Gasteiger partial charge in [-0.2, -0.15) is 0 Å². The van der Waals surface area contributed by atoms with Crippen LogP contribution in [-0.4, -0.2) is 47.9 Å². The molecule has 0 spiro atoms. The standard InChI is InChI=1S/C18H21FN6O/c19-14-2-4-15(5-3-14)24-7-9-25(10-8-24)18(21)23-12-13-1-6-16(17(20)26)22-11-13/h1-6,11H,7-10,12H2,(H2,20,26)(H2,21,23).